The number of aromatic nitrogens is 1. The molecule has 5 rings (SSSR count). The minimum absolute atomic E-state index is 0.359. The third-order valence-corrected chi connectivity index (χ3v) is 6.00. The number of primary amides is 1. The van der Waals surface area contributed by atoms with Crippen LogP contribution in [0.1, 0.15) is 21.5 Å². The smallest absolute Gasteiger partial charge is 0.250 e. The number of nitrogens with two attached hydrogens (primary N) is 1. The summed E-state index contributed by atoms with van der Waals surface area (Å²) in [4.78, 5) is 18.0. The van der Waals surface area contributed by atoms with Gasteiger partial charge in [-0.1, -0.05) is 60.7 Å². The number of fused-ring (bicyclic) bond motifs is 1. The average molecular weight is 424 g/mol. The first-order valence-corrected chi connectivity index (χ1v) is 10.9. The van der Waals surface area contributed by atoms with Crippen LogP contribution in [0.2, 0.25) is 0 Å². The van der Waals surface area contributed by atoms with Gasteiger partial charge >= 0.3 is 0 Å². The van der Waals surface area contributed by atoms with Gasteiger partial charge in [0, 0.05) is 37.3 Å². The normalized spacial score (nSPS) is 14.2. The maximum atomic E-state index is 11.2. The molecular weight excluding hydrogens is 398 g/mol. The number of benzene rings is 3. The maximum absolute atomic E-state index is 11.2. The first-order chi connectivity index (χ1) is 15.7. The third-order valence-electron chi connectivity index (χ3n) is 6.00. The van der Waals surface area contributed by atoms with Crippen molar-refractivity contribution in [3.8, 4) is 11.6 Å². The first-order valence-electron chi connectivity index (χ1n) is 10.9. The molecule has 0 radical (unpaired) electrons. The Balaban J connectivity index is 1.29. The zero-order valence-electron chi connectivity index (χ0n) is 17.8. The molecule has 1 aliphatic heterocycles. The SMILES string of the molecule is NC(=O)c1ccc(Oc2ccc(CN3CC(Cc4ccccc4)C3)c3ccccc23)nc1. The zero-order chi connectivity index (χ0) is 21.9. The Morgan fingerprint density at radius 3 is 2.41 bits per heavy atom. The summed E-state index contributed by atoms with van der Waals surface area (Å²) >= 11 is 0. The van der Waals surface area contributed by atoms with Crippen molar-refractivity contribution in [3.63, 3.8) is 0 Å². The number of hydrogen-bond acceptors (Lipinski definition) is 4. The lowest BCUT2D eigenvalue weighted by Crippen LogP contribution is -2.46. The molecule has 1 aliphatic rings. The first kappa shape index (κ1) is 20.2. The molecule has 5 nitrogen and oxygen atoms in total. The second kappa shape index (κ2) is 8.81. The van der Waals surface area contributed by atoms with E-state index in [9.17, 15) is 4.79 Å². The van der Waals surface area contributed by atoms with E-state index in [1.54, 1.807) is 12.1 Å². The predicted octanol–water partition coefficient (Wildman–Crippen LogP) is 4.80. The Labute approximate surface area is 187 Å². The lowest BCUT2D eigenvalue weighted by molar-refractivity contribution is 0.0931. The molecule has 0 saturated carbocycles. The second-order valence-corrected chi connectivity index (χ2v) is 8.37. The van der Waals surface area contributed by atoms with Crippen molar-refractivity contribution >= 4 is 16.7 Å². The van der Waals surface area contributed by atoms with E-state index in [1.807, 2.05) is 12.1 Å². The minimum atomic E-state index is -0.504. The van der Waals surface area contributed by atoms with Crippen molar-refractivity contribution in [1.82, 2.24) is 9.88 Å². The molecule has 1 amide bonds. The second-order valence-electron chi connectivity index (χ2n) is 8.37. The van der Waals surface area contributed by atoms with Crippen LogP contribution in [0.5, 0.6) is 11.6 Å². The molecule has 4 aromatic rings. The van der Waals surface area contributed by atoms with Crippen LogP contribution in [0.15, 0.2) is 85.1 Å². The fourth-order valence-corrected chi connectivity index (χ4v) is 4.38. The molecule has 2 N–H and O–H groups in total. The number of ether oxygens (including phenoxy) is 1. The van der Waals surface area contributed by atoms with E-state index in [0.717, 1.165) is 43.1 Å². The van der Waals surface area contributed by atoms with Gasteiger partial charge in [0.05, 0.1) is 5.56 Å². The highest BCUT2D eigenvalue weighted by molar-refractivity contribution is 5.92. The highest BCUT2D eigenvalue weighted by atomic mass is 16.5. The zero-order valence-corrected chi connectivity index (χ0v) is 17.8. The molecule has 32 heavy (non-hydrogen) atoms. The van der Waals surface area contributed by atoms with Crippen LogP contribution in [-0.4, -0.2) is 28.9 Å². The predicted molar refractivity (Wildman–Crippen MR) is 126 cm³/mol. The summed E-state index contributed by atoms with van der Waals surface area (Å²) in [6, 6.07) is 26.4. The van der Waals surface area contributed by atoms with Crippen LogP contribution in [0, 0.1) is 5.92 Å². The monoisotopic (exact) mass is 423 g/mol. The summed E-state index contributed by atoms with van der Waals surface area (Å²) in [5.41, 5.74) is 8.36. The molecule has 2 heterocycles. The summed E-state index contributed by atoms with van der Waals surface area (Å²) in [5.74, 6) is 1.39. The topological polar surface area (TPSA) is 68.5 Å². The van der Waals surface area contributed by atoms with Gasteiger partial charge in [0.15, 0.2) is 0 Å². The summed E-state index contributed by atoms with van der Waals surface area (Å²) in [5, 5.41) is 2.23. The van der Waals surface area contributed by atoms with Crippen molar-refractivity contribution in [2.45, 2.75) is 13.0 Å². The van der Waals surface area contributed by atoms with Crippen LogP contribution >= 0.6 is 0 Å². The number of carbonyl (C=O) groups excluding carboxylic acids is 1. The standard InChI is InChI=1S/C27H25N3O2/c28-27(31)21-11-13-26(29-15-21)32-25-12-10-22(23-8-4-5-9-24(23)25)18-30-16-20(17-30)14-19-6-2-1-3-7-19/h1-13,15,20H,14,16-18H2,(H2,28,31). The van der Waals surface area contributed by atoms with Gasteiger partial charge < -0.3 is 10.5 Å². The number of hydrogen-bond donors (Lipinski definition) is 1. The number of pyridine rings is 1. The van der Waals surface area contributed by atoms with E-state index in [1.165, 1.54) is 22.7 Å². The van der Waals surface area contributed by atoms with Crippen molar-refractivity contribution in [2.75, 3.05) is 13.1 Å². The number of rotatable bonds is 7. The largest absolute Gasteiger partial charge is 0.438 e. The van der Waals surface area contributed by atoms with Crippen LogP contribution < -0.4 is 10.5 Å². The van der Waals surface area contributed by atoms with E-state index in [-0.39, 0.29) is 0 Å². The molecule has 0 unspecified atom stereocenters. The van der Waals surface area contributed by atoms with Gasteiger partial charge in [-0.25, -0.2) is 4.98 Å². The molecule has 0 atom stereocenters. The van der Waals surface area contributed by atoms with Crippen LogP contribution in [0.25, 0.3) is 10.8 Å². The minimum Gasteiger partial charge on any atom is -0.438 e. The van der Waals surface area contributed by atoms with Gasteiger partial charge in [0.2, 0.25) is 11.8 Å². The van der Waals surface area contributed by atoms with Gasteiger partial charge in [-0.2, -0.15) is 0 Å². The van der Waals surface area contributed by atoms with E-state index in [0.29, 0.717) is 11.4 Å². The van der Waals surface area contributed by atoms with Crippen molar-refractivity contribution < 1.29 is 9.53 Å². The molecule has 5 heteroatoms. The summed E-state index contributed by atoms with van der Waals surface area (Å²) in [7, 11) is 0. The van der Waals surface area contributed by atoms with Crippen LogP contribution in [0.3, 0.4) is 0 Å². The fraction of sp³-hybridized carbons (Fsp3) is 0.185. The Morgan fingerprint density at radius 2 is 1.69 bits per heavy atom. The summed E-state index contributed by atoms with van der Waals surface area (Å²) in [6.07, 6.45) is 2.58. The third kappa shape index (κ3) is 4.34. The lowest BCUT2D eigenvalue weighted by atomic mass is 9.91. The molecule has 0 bridgehead atoms. The van der Waals surface area contributed by atoms with E-state index < -0.39 is 5.91 Å². The van der Waals surface area contributed by atoms with Gasteiger partial charge in [-0.05, 0) is 41.0 Å². The molecule has 160 valence electrons. The van der Waals surface area contributed by atoms with Crippen molar-refractivity contribution in [2.24, 2.45) is 11.7 Å². The van der Waals surface area contributed by atoms with E-state index in [2.05, 4.69) is 64.5 Å². The van der Waals surface area contributed by atoms with Gasteiger partial charge in [-0.3, -0.25) is 9.69 Å². The number of nitrogens with zero attached hydrogens (tertiary/aromatic N) is 2. The van der Waals surface area contributed by atoms with Gasteiger partial charge in [-0.15, -0.1) is 0 Å². The number of amides is 1. The number of carbonyl (C=O) groups is 1. The quantitative estimate of drug-likeness (QED) is 0.464. The van der Waals surface area contributed by atoms with Crippen molar-refractivity contribution in [3.05, 3.63) is 102 Å². The lowest BCUT2D eigenvalue weighted by Gasteiger charge is -2.39. The molecule has 1 aromatic heterocycles. The number of likely N-dealkylation sites (tertiary alicyclic amines) is 1. The molecular formula is C27H25N3O2. The van der Waals surface area contributed by atoms with Crippen LogP contribution in [-0.2, 0) is 13.0 Å². The Bertz CT molecular complexity index is 1230. The van der Waals surface area contributed by atoms with E-state index in [4.69, 9.17) is 10.5 Å². The Morgan fingerprint density at radius 1 is 0.938 bits per heavy atom. The van der Waals surface area contributed by atoms with Gasteiger partial charge in [0.25, 0.3) is 0 Å². The highest BCUT2D eigenvalue weighted by Gasteiger charge is 2.27. The molecule has 1 fully saturated rings. The molecule has 3 aromatic carbocycles. The fourth-order valence-electron chi connectivity index (χ4n) is 4.38. The Kier molecular flexibility index (Phi) is 5.57. The van der Waals surface area contributed by atoms with E-state index >= 15 is 0 Å². The average Bonchev–Trinajstić information content (AvgIpc) is 2.80. The summed E-state index contributed by atoms with van der Waals surface area (Å²) in [6.45, 7) is 3.17. The summed E-state index contributed by atoms with van der Waals surface area (Å²) < 4.78 is 6.03. The van der Waals surface area contributed by atoms with Crippen molar-refractivity contribution in [1.29, 1.82) is 0 Å². The highest BCUT2D eigenvalue weighted by Crippen LogP contribution is 2.33. The van der Waals surface area contributed by atoms with Crippen LogP contribution in [0.4, 0.5) is 0 Å². The molecule has 0 spiro atoms. The Hall–Kier alpha value is -3.70. The maximum Gasteiger partial charge on any atom is 0.250 e. The molecule has 0 aliphatic carbocycles. The molecule has 1 saturated heterocycles. The van der Waals surface area contributed by atoms with Gasteiger partial charge in [0.1, 0.15) is 5.75 Å².